The second-order valence-electron chi connectivity index (χ2n) is 8.57. The van der Waals surface area contributed by atoms with E-state index in [-0.39, 0.29) is 23.8 Å². The highest BCUT2D eigenvalue weighted by molar-refractivity contribution is 6.30. The number of nitrogens with zero attached hydrogens (tertiary/aromatic N) is 4. The molecule has 0 unspecified atom stereocenters. The van der Waals surface area contributed by atoms with Gasteiger partial charge >= 0.3 is 0 Å². The number of rotatable bonds is 5. The van der Waals surface area contributed by atoms with Crippen LogP contribution >= 0.6 is 11.6 Å². The zero-order chi connectivity index (χ0) is 23.7. The van der Waals surface area contributed by atoms with Crippen molar-refractivity contribution in [3.63, 3.8) is 0 Å². The summed E-state index contributed by atoms with van der Waals surface area (Å²) >= 11 is 6.16. The highest BCUT2D eigenvalue weighted by atomic mass is 35.5. The predicted octanol–water partition coefficient (Wildman–Crippen LogP) is 5.07. The number of hydrogen-bond acceptors (Lipinski definition) is 5. The Morgan fingerprint density at radius 2 is 1.79 bits per heavy atom. The van der Waals surface area contributed by atoms with Crippen LogP contribution in [0.3, 0.4) is 0 Å². The van der Waals surface area contributed by atoms with E-state index >= 15 is 0 Å². The molecular weight excluding hydrogens is 455 g/mol. The Bertz CT molecular complexity index is 1330. The fourth-order valence-electron chi connectivity index (χ4n) is 4.37. The van der Waals surface area contributed by atoms with Gasteiger partial charge in [-0.2, -0.15) is 5.10 Å². The normalized spacial score (nSPS) is 18.1. The Morgan fingerprint density at radius 1 is 1.06 bits per heavy atom. The molecule has 2 aromatic carbocycles. The maximum Gasteiger partial charge on any atom is 0.251 e. The third-order valence-electron chi connectivity index (χ3n) is 6.10. The minimum absolute atomic E-state index is 0.0911. The number of amides is 1. The molecule has 2 heterocycles. The molecule has 2 aromatic heterocycles. The Hall–Kier alpha value is -3.52. The Balaban J connectivity index is 1.26. The lowest BCUT2D eigenvalue weighted by Crippen LogP contribution is -2.40. The molecule has 0 spiro atoms. The van der Waals surface area contributed by atoms with Crippen LogP contribution in [0.4, 0.5) is 10.2 Å². The fraction of sp³-hybridized carbons (Fsp3) is 0.280. The van der Waals surface area contributed by atoms with Crippen LogP contribution in [0.2, 0.25) is 5.02 Å². The van der Waals surface area contributed by atoms with E-state index in [0.717, 1.165) is 48.2 Å². The number of carbonyl (C=O) groups is 1. The average molecular weight is 479 g/mol. The summed E-state index contributed by atoms with van der Waals surface area (Å²) in [7, 11) is 0. The number of nitrogens with one attached hydrogen (secondary N) is 2. The molecule has 0 aliphatic heterocycles. The van der Waals surface area contributed by atoms with Crippen molar-refractivity contribution in [2.75, 3.05) is 5.32 Å². The molecule has 174 valence electrons. The standard InChI is InChI=1S/C25H24ClFN6O/c1-15-29-23(22-14-28-33(24(22)30-15)21-4-2-3-17(26)13-21)31-19-9-11-20(12-10-19)32-25(34)16-5-7-18(27)8-6-16/h2-8,13-14,19-20H,9-12H2,1H3,(H,32,34)(H,29,30,31). The second-order valence-corrected chi connectivity index (χ2v) is 9.00. The fourth-order valence-corrected chi connectivity index (χ4v) is 4.55. The predicted molar refractivity (Wildman–Crippen MR) is 130 cm³/mol. The van der Waals surface area contributed by atoms with Gasteiger partial charge in [0.1, 0.15) is 17.5 Å². The van der Waals surface area contributed by atoms with Crippen molar-refractivity contribution in [3.05, 3.63) is 77.0 Å². The van der Waals surface area contributed by atoms with Crippen molar-refractivity contribution in [2.24, 2.45) is 0 Å². The van der Waals surface area contributed by atoms with Crippen LogP contribution in [0, 0.1) is 12.7 Å². The lowest BCUT2D eigenvalue weighted by molar-refractivity contribution is 0.0926. The molecule has 1 aliphatic rings. The van der Waals surface area contributed by atoms with Gasteiger partial charge in [-0.3, -0.25) is 4.79 Å². The molecule has 5 rings (SSSR count). The van der Waals surface area contributed by atoms with Gasteiger partial charge in [-0.15, -0.1) is 0 Å². The summed E-state index contributed by atoms with van der Waals surface area (Å²) in [5, 5.41) is 12.6. The first-order valence-electron chi connectivity index (χ1n) is 11.3. The van der Waals surface area contributed by atoms with E-state index in [4.69, 9.17) is 11.6 Å². The molecule has 7 nitrogen and oxygen atoms in total. The summed E-state index contributed by atoms with van der Waals surface area (Å²) in [6, 6.07) is 13.4. The number of aromatic nitrogens is 4. The molecule has 0 atom stereocenters. The maximum absolute atomic E-state index is 13.1. The molecule has 1 fully saturated rings. The summed E-state index contributed by atoms with van der Waals surface area (Å²) in [5.41, 5.74) is 2.03. The van der Waals surface area contributed by atoms with E-state index in [1.54, 1.807) is 10.9 Å². The molecule has 0 radical (unpaired) electrons. The zero-order valence-electron chi connectivity index (χ0n) is 18.6. The molecule has 34 heavy (non-hydrogen) atoms. The van der Waals surface area contributed by atoms with Gasteiger partial charge in [-0.25, -0.2) is 19.0 Å². The average Bonchev–Trinajstić information content (AvgIpc) is 3.25. The molecule has 0 saturated heterocycles. The smallest absolute Gasteiger partial charge is 0.251 e. The van der Waals surface area contributed by atoms with E-state index in [1.807, 2.05) is 31.2 Å². The van der Waals surface area contributed by atoms with Crippen LogP contribution < -0.4 is 10.6 Å². The summed E-state index contributed by atoms with van der Waals surface area (Å²) < 4.78 is 14.9. The lowest BCUT2D eigenvalue weighted by atomic mass is 9.91. The van der Waals surface area contributed by atoms with Crippen molar-refractivity contribution in [3.8, 4) is 5.69 Å². The molecular formula is C25H24ClFN6O. The van der Waals surface area contributed by atoms with Crippen LogP contribution in [-0.4, -0.2) is 37.7 Å². The number of hydrogen-bond donors (Lipinski definition) is 2. The highest BCUT2D eigenvalue weighted by Crippen LogP contribution is 2.27. The first-order chi connectivity index (χ1) is 16.5. The van der Waals surface area contributed by atoms with Crippen molar-refractivity contribution in [1.29, 1.82) is 0 Å². The molecule has 4 aromatic rings. The maximum atomic E-state index is 13.1. The Morgan fingerprint density at radius 3 is 2.53 bits per heavy atom. The van der Waals surface area contributed by atoms with Gasteiger partial charge in [0.05, 0.1) is 17.3 Å². The van der Waals surface area contributed by atoms with Crippen LogP contribution in [0.5, 0.6) is 0 Å². The van der Waals surface area contributed by atoms with E-state index in [2.05, 4.69) is 25.7 Å². The van der Waals surface area contributed by atoms with Gasteiger partial charge in [0.15, 0.2) is 5.65 Å². The largest absolute Gasteiger partial charge is 0.367 e. The van der Waals surface area contributed by atoms with Gasteiger partial charge in [0.25, 0.3) is 5.91 Å². The summed E-state index contributed by atoms with van der Waals surface area (Å²) in [6.07, 6.45) is 5.24. The molecule has 1 saturated carbocycles. The topological polar surface area (TPSA) is 84.7 Å². The highest BCUT2D eigenvalue weighted by Gasteiger charge is 2.24. The number of anilines is 1. The number of benzene rings is 2. The van der Waals surface area contributed by atoms with E-state index < -0.39 is 0 Å². The van der Waals surface area contributed by atoms with Crippen molar-refractivity contribution in [2.45, 2.75) is 44.7 Å². The quantitative estimate of drug-likeness (QED) is 0.418. The first kappa shape index (κ1) is 22.3. The number of fused-ring (bicyclic) bond motifs is 1. The van der Waals surface area contributed by atoms with Crippen molar-refractivity contribution < 1.29 is 9.18 Å². The van der Waals surface area contributed by atoms with E-state index in [9.17, 15) is 9.18 Å². The number of carbonyl (C=O) groups excluding carboxylic acids is 1. The van der Waals surface area contributed by atoms with Gasteiger partial charge in [0.2, 0.25) is 0 Å². The SMILES string of the molecule is Cc1nc(NC2CCC(NC(=O)c3ccc(F)cc3)CC2)c2cnn(-c3cccc(Cl)c3)c2n1. The summed E-state index contributed by atoms with van der Waals surface area (Å²) in [4.78, 5) is 21.7. The third-order valence-corrected chi connectivity index (χ3v) is 6.34. The molecule has 1 amide bonds. The number of halogens is 2. The van der Waals surface area contributed by atoms with Gasteiger partial charge < -0.3 is 10.6 Å². The summed E-state index contributed by atoms with van der Waals surface area (Å²) in [6.45, 7) is 1.86. The minimum atomic E-state index is -0.352. The van der Waals surface area contributed by atoms with Gasteiger partial charge in [0, 0.05) is 22.7 Å². The lowest BCUT2D eigenvalue weighted by Gasteiger charge is -2.30. The zero-order valence-corrected chi connectivity index (χ0v) is 19.4. The van der Waals surface area contributed by atoms with Crippen LogP contribution in [-0.2, 0) is 0 Å². The summed E-state index contributed by atoms with van der Waals surface area (Å²) in [5.74, 6) is 0.891. The van der Waals surface area contributed by atoms with Crippen LogP contribution in [0.15, 0.2) is 54.7 Å². The van der Waals surface area contributed by atoms with Crippen LogP contribution in [0.1, 0.15) is 41.9 Å². The molecule has 0 bridgehead atoms. The minimum Gasteiger partial charge on any atom is -0.367 e. The monoisotopic (exact) mass is 478 g/mol. The Kier molecular flexibility index (Phi) is 6.15. The van der Waals surface area contributed by atoms with Gasteiger partial charge in [-0.05, 0) is 75.1 Å². The molecule has 9 heteroatoms. The van der Waals surface area contributed by atoms with E-state index in [1.165, 1.54) is 24.3 Å². The van der Waals surface area contributed by atoms with Crippen molar-refractivity contribution in [1.82, 2.24) is 25.1 Å². The van der Waals surface area contributed by atoms with Crippen LogP contribution in [0.25, 0.3) is 16.7 Å². The first-order valence-corrected chi connectivity index (χ1v) is 11.7. The van der Waals surface area contributed by atoms with E-state index in [0.29, 0.717) is 16.4 Å². The van der Waals surface area contributed by atoms with Crippen molar-refractivity contribution >= 4 is 34.4 Å². The second kappa shape index (κ2) is 9.38. The van der Waals surface area contributed by atoms with Gasteiger partial charge in [-0.1, -0.05) is 17.7 Å². The third kappa shape index (κ3) is 4.72. The molecule has 2 N–H and O–H groups in total. The molecule has 1 aliphatic carbocycles. The Labute approximate surface area is 201 Å². The number of aryl methyl sites for hydroxylation is 1.